The van der Waals surface area contributed by atoms with E-state index in [0.717, 1.165) is 27.4 Å². The van der Waals surface area contributed by atoms with E-state index < -0.39 is 0 Å². The van der Waals surface area contributed by atoms with Crippen LogP contribution in [0.2, 0.25) is 5.02 Å². The molecule has 0 spiro atoms. The van der Waals surface area contributed by atoms with Crippen LogP contribution in [0.3, 0.4) is 0 Å². The monoisotopic (exact) mass is 464 g/mol. The molecule has 32 heavy (non-hydrogen) atoms. The van der Waals surface area contributed by atoms with Gasteiger partial charge in [0.05, 0.1) is 19.9 Å². The van der Waals surface area contributed by atoms with Crippen LogP contribution >= 0.6 is 22.9 Å². The van der Waals surface area contributed by atoms with E-state index >= 15 is 0 Å². The third kappa shape index (κ3) is 4.93. The Bertz CT molecular complexity index is 1220. The average molecular weight is 465 g/mol. The first-order valence-electron chi connectivity index (χ1n) is 9.88. The number of aromatic nitrogens is 1. The summed E-state index contributed by atoms with van der Waals surface area (Å²) in [6, 6.07) is 20.6. The third-order valence-electron chi connectivity index (χ3n) is 4.94. The summed E-state index contributed by atoms with van der Waals surface area (Å²) in [5, 5.41) is 6.48. The van der Waals surface area contributed by atoms with Gasteiger partial charge in [-0.2, -0.15) is 0 Å². The Balaban J connectivity index is 1.43. The van der Waals surface area contributed by atoms with Crippen molar-refractivity contribution >= 4 is 28.8 Å². The van der Waals surface area contributed by atoms with E-state index in [1.165, 1.54) is 0 Å². The first-order chi connectivity index (χ1) is 15.6. The van der Waals surface area contributed by atoms with Gasteiger partial charge in [-0.3, -0.25) is 4.79 Å². The van der Waals surface area contributed by atoms with Crippen molar-refractivity contribution in [1.82, 2.24) is 10.3 Å². The lowest BCUT2D eigenvalue weighted by Crippen LogP contribution is -2.22. The van der Waals surface area contributed by atoms with E-state index in [-0.39, 0.29) is 5.91 Å². The summed E-state index contributed by atoms with van der Waals surface area (Å²) in [4.78, 5) is 17.0. The first-order valence-corrected chi connectivity index (χ1v) is 11.1. The molecule has 4 aromatic rings. The van der Waals surface area contributed by atoms with Crippen molar-refractivity contribution in [2.24, 2.45) is 0 Å². The predicted molar refractivity (Wildman–Crippen MR) is 129 cm³/mol. The number of hydrogen-bond donors (Lipinski definition) is 1. The van der Waals surface area contributed by atoms with Gasteiger partial charge >= 0.3 is 0 Å². The molecule has 3 aromatic carbocycles. The zero-order chi connectivity index (χ0) is 22.5. The van der Waals surface area contributed by atoms with Crippen LogP contribution < -0.4 is 14.8 Å². The molecule has 1 N–H and O–H groups in total. The van der Waals surface area contributed by atoms with Crippen LogP contribution in [0.5, 0.6) is 11.5 Å². The maximum atomic E-state index is 12.3. The second-order valence-electron chi connectivity index (χ2n) is 6.99. The van der Waals surface area contributed by atoms with Gasteiger partial charge in [0.1, 0.15) is 5.01 Å². The maximum absolute atomic E-state index is 12.3. The van der Waals surface area contributed by atoms with Gasteiger partial charge in [-0.05, 0) is 48.0 Å². The smallest absolute Gasteiger partial charge is 0.251 e. The van der Waals surface area contributed by atoms with Crippen LogP contribution in [0.4, 0.5) is 0 Å². The molecular formula is C25H21ClN2O3S. The van der Waals surface area contributed by atoms with Gasteiger partial charge in [-0.1, -0.05) is 35.9 Å². The van der Waals surface area contributed by atoms with Crippen LogP contribution in [0, 0.1) is 0 Å². The fourth-order valence-corrected chi connectivity index (χ4v) is 4.15. The summed E-state index contributed by atoms with van der Waals surface area (Å²) in [7, 11) is 3.23. The molecule has 0 atom stereocenters. The maximum Gasteiger partial charge on any atom is 0.251 e. The molecule has 1 aromatic heterocycles. The summed E-state index contributed by atoms with van der Waals surface area (Å²) < 4.78 is 10.7. The highest BCUT2D eigenvalue weighted by atomic mass is 35.5. The van der Waals surface area contributed by atoms with E-state index in [0.29, 0.717) is 28.6 Å². The molecule has 1 heterocycles. The molecular weight excluding hydrogens is 444 g/mol. The Morgan fingerprint density at radius 3 is 2.31 bits per heavy atom. The number of methoxy groups -OCH3 is 2. The number of nitrogens with one attached hydrogen (secondary N) is 1. The molecule has 0 aliphatic rings. The molecule has 5 nitrogen and oxygen atoms in total. The van der Waals surface area contributed by atoms with Crippen molar-refractivity contribution < 1.29 is 14.3 Å². The van der Waals surface area contributed by atoms with Crippen LogP contribution in [-0.4, -0.2) is 25.1 Å². The molecule has 162 valence electrons. The lowest BCUT2D eigenvalue weighted by molar-refractivity contribution is 0.0951. The molecule has 0 radical (unpaired) electrons. The SMILES string of the molecule is COc1ccc(-c2csc(-c3ccc(CNC(=O)c4ccc(Cl)cc4)cc3)n2)cc1OC. The molecule has 0 aliphatic carbocycles. The second-order valence-corrected chi connectivity index (χ2v) is 8.29. The van der Waals surface area contributed by atoms with Crippen molar-refractivity contribution in [2.45, 2.75) is 6.54 Å². The van der Waals surface area contributed by atoms with Crippen molar-refractivity contribution in [3.8, 4) is 33.3 Å². The number of carbonyl (C=O) groups is 1. The molecule has 4 rings (SSSR count). The predicted octanol–water partition coefficient (Wildman–Crippen LogP) is 6.08. The summed E-state index contributed by atoms with van der Waals surface area (Å²) >= 11 is 7.45. The molecule has 7 heteroatoms. The van der Waals surface area contributed by atoms with E-state index in [1.807, 2.05) is 47.8 Å². The topological polar surface area (TPSA) is 60.5 Å². The minimum Gasteiger partial charge on any atom is -0.493 e. The average Bonchev–Trinajstić information content (AvgIpc) is 3.33. The summed E-state index contributed by atoms with van der Waals surface area (Å²) in [6.45, 7) is 0.441. The van der Waals surface area contributed by atoms with Crippen LogP contribution in [0.1, 0.15) is 15.9 Å². The lowest BCUT2D eigenvalue weighted by Gasteiger charge is -2.08. The largest absolute Gasteiger partial charge is 0.493 e. The quantitative estimate of drug-likeness (QED) is 0.360. The van der Waals surface area contributed by atoms with Crippen LogP contribution in [0.25, 0.3) is 21.8 Å². The van der Waals surface area contributed by atoms with Crippen molar-refractivity contribution in [3.63, 3.8) is 0 Å². The van der Waals surface area contributed by atoms with Crippen LogP contribution in [0.15, 0.2) is 72.1 Å². The number of halogens is 1. The molecule has 1 amide bonds. The number of amides is 1. The summed E-state index contributed by atoms with van der Waals surface area (Å²) in [5.74, 6) is 1.22. The molecule has 0 fully saturated rings. The van der Waals surface area contributed by atoms with E-state index in [4.69, 9.17) is 26.1 Å². The number of nitrogens with zero attached hydrogens (tertiary/aromatic N) is 1. The summed E-state index contributed by atoms with van der Waals surface area (Å²) in [5.41, 5.74) is 4.45. The Hall–Kier alpha value is -3.35. The highest BCUT2D eigenvalue weighted by Gasteiger charge is 2.11. The van der Waals surface area contributed by atoms with Gasteiger partial charge in [0.25, 0.3) is 5.91 Å². The van der Waals surface area contributed by atoms with Gasteiger partial charge in [0.2, 0.25) is 0 Å². The number of thiazole rings is 1. The lowest BCUT2D eigenvalue weighted by atomic mass is 10.1. The Morgan fingerprint density at radius 2 is 1.62 bits per heavy atom. The Kier molecular flexibility index (Phi) is 6.73. The third-order valence-corrected chi connectivity index (χ3v) is 6.09. The second kappa shape index (κ2) is 9.85. The van der Waals surface area contributed by atoms with Gasteiger partial charge in [-0.25, -0.2) is 4.98 Å². The molecule has 0 bridgehead atoms. The highest BCUT2D eigenvalue weighted by Crippen LogP contribution is 2.34. The first kappa shape index (κ1) is 21.9. The van der Waals surface area contributed by atoms with Gasteiger partial charge in [0.15, 0.2) is 11.5 Å². The molecule has 0 saturated heterocycles. The number of ether oxygens (including phenoxy) is 2. The molecule has 0 aliphatic heterocycles. The highest BCUT2D eigenvalue weighted by molar-refractivity contribution is 7.13. The number of benzene rings is 3. The van der Waals surface area contributed by atoms with Gasteiger partial charge in [-0.15, -0.1) is 11.3 Å². The van der Waals surface area contributed by atoms with E-state index in [1.54, 1.807) is 49.8 Å². The fraction of sp³-hybridized carbons (Fsp3) is 0.120. The zero-order valence-corrected chi connectivity index (χ0v) is 19.2. The number of carbonyl (C=O) groups excluding carboxylic acids is 1. The molecule has 0 saturated carbocycles. The number of hydrogen-bond acceptors (Lipinski definition) is 5. The molecule has 0 unspecified atom stereocenters. The minimum absolute atomic E-state index is 0.134. The minimum atomic E-state index is -0.134. The Labute approximate surface area is 195 Å². The van der Waals surface area contributed by atoms with Gasteiger partial charge in [0, 0.05) is 33.6 Å². The fourth-order valence-electron chi connectivity index (χ4n) is 3.19. The zero-order valence-electron chi connectivity index (χ0n) is 17.6. The normalized spacial score (nSPS) is 10.6. The van der Waals surface area contributed by atoms with E-state index in [2.05, 4.69) is 5.32 Å². The van der Waals surface area contributed by atoms with Crippen molar-refractivity contribution in [3.05, 3.63) is 88.3 Å². The van der Waals surface area contributed by atoms with Crippen LogP contribution in [-0.2, 0) is 6.54 Å². The standard InChI is InChI=1S/C25H21ClN2O3S/c1-30-22-12-9-19(13-23(22)31-2)21-15-32-25(28-21)18-5-3-16(4-6-18)14-27-24(29)17-7-10-20(26)11-8-17/h3-13,15H,14H2,1-2H3,(H,27,29). The summed E-state index contributed by atoms with van der Waals surface area (Å²) in [6.07, 6.45) is 0. The van der Waals surface area contributed by atoms with E-state index in [9.17, 15) is 4.79 Å². The van der Waals surface area contributed by atoms with Crippen molar-refractivity contribution in [1.29, 1.82) is 0 Å². The number of rotatable bonds is 7. The Morgan fingerprint density at radius 1 is 0.938 bits per heavy atom. The van der Waals surface area contributed by atoms with Gasteiger partial charge < -0.3 is 14.8 Å². The van der Waals surface area contributed by atoms with Crippen molar-refractivity contribution in [2.75, 3.05) is 14.2 Å².